The number of benzene rings is 1. The van der Waals surface area contributed by atoms with Crippen LogP contribution in [0.5, 0.6) is 0 Å². The topological polar surface area (TPSA) is 51.2 Å². The molecule has 0 aliphatic rings. The fraction of sp³-hybridized carbons (Fsp3) is 0.333. The maximum absolute atomic E-state index is 12.4. The summed E-state index contributed by atoms with van der Waals surface area (Å²) in [4.78, 5) is 16.4. The second kappa shape index (κ2) is 7.97. The van der Waals surface area contributed by atoms with E-state index in [1.807, 2.05) is 45.0 Å². The molecule has 1 aromatic carbocycles. The Morgan fingerprint density at radius 1 is 1.21 bits per heavy atom. The minimum absolute atomic E-state index is 0.174. The number of nitrogens with zero attached hydrogens (tertiary/aromatic N) is 1. The van der Waals surface area contributed by atoms with Gasteiger partial charge >= 0.3 is 0 Å². The molecule has 4 nitrogen and oxygen atoms in total. The Balaban J connectivity index is 2.10. The Hall–Kier alpha value is -1.62. The molecule has 0 aliphatic carbocycles. The second-order valence-corrected chi connectivity index (χ2v) is 7.14. The SMILES string of the molecule is CC(C)(C)OCCc1ccccc1NC(=O)c1cc(Cl)cc(Cl)n1. The van der Waals surface area contributed by atoms with E-state index in [2.05, 4.69) is 10.3 Å². The van der Waals surface area contributed by atoms with Crippen molar-refractivity contribution in [3.8, 4) is 0 Å². The largest absolute Gasteiger partial charge is 0.376 e. The molecule has 0 saturated heterocycles. The summed E-state index contributed by atoms with van der Waals surface area (Å²) >= 11 is 11.8. The number of rotatable bonds is 5. The lowest BCUT2D eigenvalue weighted by Gasteiger charge is -2.20. The molecule has 1 N–H and O–H groups in total. The fourth-order valence-corrected chi connectivity index (χ4v) is 2.57. The van der Waals surface area contributed by atoms with Crippen molar-refractivity contribution in [1.29, 1.82) is 0 Å². The highest BCUT2D eigenvalue weighted by Crippen LogP contribution is 2.20. The Labute approximate surface area is 152 Å². The van der Waals surface area contributed by atoms with Crippen LogP contribution in [0.3, 0.4) is 0 Å². The Morgan fingerprint density at radius 2 is 1.92 bits per heavy atom. The van der Waals surface area contributed by atoms with Crippen molar-refractivity contribution in [2.45, 2.75) is 32.8 Å². The van der Waals surface area contributed by atoms with Crippen LogP contribution in [0, 0.1) is 0 Å². The molecule has 2 rings (SSSR count). The molecular weight excluding hydrogens is 347 g/mol. The highest BCUT2D eigenvalue weighted by atomic mass is 35.5. The minimum Gasteiger partial charge on any atom is -0.376 e. The van der Waals surface area contributed by atoms with Crippen molar-refractivity contribution in [3.05, 3.63) is 57.8 Å². The number of pyridine rings is 1. The van der Waals surface area contributed by atoms with Gasteiger partial charge in [-0.3, -0.25) is 4.79 Å². The molecule has 128 valence electrons. The summed E-state index contributed by atoms with van der Waals surface area (Å²) in [6.45, 7) is 6.59. The molecule has 1 heterocycles. The van der Waals surface area contributed by atoms with Gasteiger partial charge in [0.05, 0.1) is 12.2 Å². The number of carbonyl (C=O) groups excluding carboxylic acids is 1. The van der Waals surface area contributed by atoms with E-state index in [9.17, 15) is 4.79 Å². The van der Waals surface area contributed by atoms with Crippen LogP contribution in [0.4, 0.5) is 5.69 Å². The van der Waals surface area contributed by atoms with Crippen LogP contribution in [-0.2, 0) is 11.2 Å². The zero-order valence-corrected chi connectivity index (χ0v) is 15.4. The number of aromatic nitrogens is 1. The molecule has 0 radical (unpaired) electrons. The van der Waals surface area contributed by atoms with E-state index < -0.39 is 0 Å². The van der Waals surface area contributed by atoms with Gasteiger partial charge in [0.1, 0.15) is 10.8 Å². The summed E-state index contributed by atoms with van der Waals surface area (Å²) in [5.74, 6) is -0.358. The van der Waals surface area contributed by atoms with Crippen molar-refractivity contribution in [1.82, 2.24) is 4.98 Å². The molecule has 0 spiro atoms. The smallest absolute Gasteiger partial charge is 0.274 e. The van der Waals surface area contributed by atoms with Crippen LogP contribution in [0.15, 0.2) is 36.4 Å². The summed E-state index contributed by atoms with van der Waals surface area (Å²) in [5, 5.41) is 3.40. The molecule has 0 atom stereocenters. The first-order chi connectivity index (χ1) is 11.2. The van der Waals surface area contributed by atoms with E-state index >= 15 is 0 Å². The molecule has 0 aliphatic heterocycles. The van der Waals surface area contributed by atoms with E-state index in [0.717, 1.165) is 11.3 Å². The zero-order chi connectivity index (χ0) is 17.7. The van der Waals surface area contributed by atoms with E-state index in [1.165, 1.54) is 12.1 Å². The summed E-state index contributed by atoms with van der Waals surface area (Å²) in [5.41, 5.74) is 1.69. The number of anilines is 1. The van der Waals surface area contributed by atoms with Gasteiger partial charge < -0.3 is 10.1 Å². The van der Waals surface area contributed by atoms with Gasteiger partial charge in [0.15, 0.2) is 0 Å². The molecule has 1 aromatic heterocycles. The van der Waals surface area contributed by atoms with Crippen molar-refractivity contribution >= 4 is 34.8 Å². The average Bonchev–Trinajstić information content (AvgIpc) is 2.46. The van der Waals surface area contributed by atoms with Crippen molar-refractivity contribution < 1.29 is 9.53 Å². The van der Waals surface area contributed by atoms with Crippen LogP contribution >= 0.6 is 23.2 Å². The van der Waals surface area contributed by atoms with Crippen LogP contribution in [0.1, 0.15) is 36.8 Å². The van der Waals surface area contributed by atoms with Crippen LogP contribution in [-0.4, -0.2) is 23.1 Å². The number of ether oxygens (including phenoxy) is 1. The maximum Gasteiger partial charge on any atom is 0.274 e. The first-order valence-electron chi connectivity index (χ1n) is 7.61. The van der Waals surface area contributed by atoms with Crippen LogP contribution in [0.2, 0.25) is 10.2 Å². The molecule has 24 heavy (non-hydrogen) atoms. The van der Waals surface area contributed by atoms with Gasteiger partial charge in [0.25, 0.3) is 5.91 Å². The number of para-hydroxylation sites is 1. The molecular formula is C18H20Cl2N2O2. The number of halogens is 2. The summed E-state index contributed by atoms with van der Waals surface area (Å²) in [6, 6.07) is 10.6. The van der Waals surface area contributed by atoms with Gasteiger partial charge in [-0.1, -0.05) is 41.4 Å². The minimum atomic E-state index is -0.358. The van der Waals surface area contributed by atoms with E-state index in [1.54, 1.807) is 0 Å². The lowest BCUT2D eigenvalue weighted by Crippen LogP contribution is -2.21. The standard InChI is InChI=1S/C18H20Cl2N2O2/c1-18(2,3)24-9-8-12-6-4-5-7-14(12)22-17(23)15-10-13(19)11-16(20)21-15/h4-7,10-11H,8-9H2,1-3H3,(H,22,23). The highest BCUT2D eigenvalue weighted by Gasteiger charge is 2.13. The Morgan fingerprint density at radius 3 is 2.58 bits per heavy atom. The predicted octanol–water partition coefficient (Wildman–Crippen LogP) is 5.00. The maximum atomic E-state index is 12.4. The third-order valence-electron chi connectivity index (χ3n) is 3.16. The third-order valence-corrected chi connectivity index (χ3v) is 3.58. The number of carbonyl (C=O) groups is 1. The molecule has 0 bridgehead atoms. The summed E-state index contributed by atoms with van der Waals surface area (Å²) in [6.07, 6.45) is 0.692. The first-order valence-corrected chi connectivity index (χ1v) is 8.36. The average molecular weight is 367 g/mol. The van der Waals surface area contributed by atoms with E-state index in [4.69, 9.17) is 27.9 Å². The summed E-state index contributed by atoms with van der Waals surface area (Å²) in [7, 11) is 0. The second-order valence-electron chi connectivity index (χ2n) is 6.32. The molecule has 0 saturated carbocycles. The Kier molecular flexibility index (Phi) is 6.21. The van der Waals surface area contributed by atoms with Gasteiger partial charge in [-0.15, -0.1) is 0 Å². The lowest BCUT2D eigenvalue weighted by atomic mass is 10.1. The van der Waals surface area contributed by atoms with Crippen molar-refractivity contribution in [2.24, 2.45) is 0 Å². The van der Waals surface area contributed by atoms with Crippen molar-refractivity contribution in [2.75, 3.05) is 11.9 Å². The van der Waals surface area contributed by atoms with Crippen LogP contribution in [0.25, 0.3) is 0 Å². The van der Waals surface area contributed by atoms with Crippen LogP contribution < -0.4 is 5.32 Å². The van der Waals surface area contributed by atoms with Gasteiger partial charge in [-0.05, 0) is 51.0 Å². The molecule has 1 amide bonds. The van der Waals surface area contributed by atoms with Gasteiger partial charge in [-0.25, -0.2) is 4.98 Å². The van der Waals surface area contributed by atoms with E-state index in [0.29, 0.717) is 18.1 Å². The van der Waals surface area contributed by atoms with Gasteiger partial charge in [0, 0.05) is 10.7 Å². The molecule has 0 fully saturated rings. The lowest BCUT2D eigenvalue weighted by molar-refractivity contribution is -0.000944. The normalized spacial score (nSPS) is 11.4. The quantitative estimate of drug-likeness (QED) is 0.757. The van der Waals surface area contributed by atoms with E-state index in [-0.39, 0.29) is 22.4 Å². The fourth-order valence-electron chi connectivity index (χ4n) is 2.10. The van der Waals surface area contributed by atoms with Gasteiger partial charge in [0.2, 0.25) is 0 Å². The molecule has 2 aromatic rings. The number of hydrogen-bond donors (Lipinski definition) is 1. The summed E-state index contributed by atoms with van der Waals surface area (Å²) < 4.78 is 5.75. The predicted molar refractivity (Wildman–Crippen MR) is 98.1 cm³/mol. The Bertz CT molecular complexity index is 707. The first kappa shape index (κ1) is 18.7. The number of nitrogens with one attached hydrogen (secondary N) is 1. The van der Waals surface area contributed by atoms with Gasteiger partial charge in [-0.2, -0.15) is 0 Å². The third kappa shape index (κ3) is 5.78. The van der Waals surface area contributed by atoms with Crippen molar-refractivity contribution in [3.63, 3.8) is 0 Å². The number of amides is 1. The molecule has 0 unspecified atom stereocenters. The monoisotopic (exact) mass is 366 g/mol. The molecule has 6 heteroatoms. The zero-order valence-electron chi connectivity index (χ0n) is 13.9. The number of hydrogen-bond acceptors (Lipinski definition) is 3. The highest BCUT2D eigenvalue weighted by molar-refractivity contribution is 6.34.